The van der Waals surface area contributed by atoms with Crippen LogP contribution in [0.15, 0.2) is 109 Å². The Balaban J connectivity index is 0.000000188. The average Bonchev–Trinajstić information content (AvgIpc) is 3.42. The molecule has 0 N–H and O–H groups in total. The number of hydrogen-bond acceptors (Lipinski definition) is 4. The van der Waals surface area contributed by atoms with E-state index < -0.39 is 8.07 Å². The van der Waals surface area contributed by atoms with Gasteiger partial charge in [-0.1, -0.05) is 105 Å². The number of pyridine rings is 3. The first kappa shape index (κ1) is 36.5. The minimum Gasteiger partial charge on any atom is -0.305 e. The van der Waals surface area contributed by atoms with E-state index in [0.717, 1.165) is 45.9 Å². The number of rotatable bonds is 6. The fourth-order valence-electron chi connectivity index (χ4n) is 6.07. The monoisotopic (exact) mass is 854 g/mol. The Labute approximate surface area is 310 Å². The summed E-state index contributed by atoms with van der Waals surface area (Å²) >= 11 is 1.73. The molecule has 0 saturated carbocycles. The zero-order valence-corrected chi connectivity index (χ0v) is 33.6. The molecule has 7 aromatic rings. The van der Waals surface area contributed by atoms with E-state index in [0.29, 0.717) is 0 Å². The van der Waals surface area contributed by atoms with Crippen molar-refractivity contribution in [3.05, 3.63) is 144 Å². The predicted molar refractivity (Wildman–Crippen MR) is 208 cm³/mol. The molecule has 0 aliphatic heterocycles. The second-order valence-electron chi connectivity index (χ2n) is 14.7. The maximum atomic E-state index is 4.72. The topological polar surface area (TPSA) is 38.7 Å². The van der Waals surface area contributed by atoms with E-state index in [2.05, 4.69) is 137 Å². The minimum absolute atomic E-state index is 0. The fourth-order valence-corrected chi connectivity index (χ4v) is 8.87. The van der Waals surface area contributed by atoms with Crippen LogP contribution in [0.5, 0.6) is 0 Å². The van der Waals surface area contributed by atoms with Crippen LogP contribution in [0, 0.1) is 24.5 Å². The zero-order valence-electron chi connectivity index (χ0n) is 29.4. The van der Waals surface area contributed by atoms with Crippen LogP contribution in [0.4, 0.5) is 0 Å². The van der Waals surface area contributed by atoms with E-state index >= 15 is 0 Å². The van der Waals surface area contributed by atoms with E-state index in [1.807, 2.05) is 37.4 Å². The third kappa shape index (κ3) is 9.06. The van der Waals surface area contributed by atoms with E-state index in [1.54, 1.807) is 11.3 Å². The molecule has 0 aliphatic rings. The number of fused-ring (bicyclic) bond motifs is 3. The Bertz CT molecular complexity index is 2160. The van der Waals surface area contributed by atoms with Crippen molar-refractivity contribution in [2.45, 2.75) is 60.2 Å². The maximum Gasteiger partial charge on any atom is 0.113 e. The molecule has 6 heteroatoms. The Morgan fingerprint density at radius 1 is 0.755 bits per heavy atom. The summed E-state index contributed by atoms with van der Waals surface area (Å²) in [5.41, 5.74) is 9.52. The Morgan fingerprint density at radius 3 is 2.24 bits per heavy atom. The minimum atomic E-state index is -1.43. The van der Waals surface area contributed by atoms with Gasteiger partial charge in [-0.05, 0) is 69.5 Å². The van der Waals surface area contributed by atoms with Gasteiger partial charge < -0.3 is 9.97 Å². The molecule has 0 aliphatic carbocycles. The number of aromatic nitrogens is 3. The van der Waals surface area contributed by atoms with Gasteiger partial charge in [-0.2, -0.15) is 11.3 Å². The molecule has 0 atom stereocenters. The van der Waals surface area contributed by atoms with Crippen LogP contribution in [-0.4, -0.2) is 23.0 Å². The van der Waals surface area contributed by atoms with Gasteiger partial charge in [0, 0.05) is 38.2 Å². The summed E-state index contributed by atoms with van der Waals surface area (Å²) < 4.78 is 1.22. The van der Waals surface area contributed by atoms with E-state index in [-0.39, 0.29) is 25.5 Å². The Kier molecular flexibility index (Phi) is 11.5. The third-order valence-electron chi connectivity index (χ3n) is 8.27. The van der Waals surface area contributed by atoms with Gasteiger partial charge in [0.15, 0.2) is 0 Å². The SMILES string of the molecule is C[Si](C)(C)c1cnc(-c2[c-]cccc2)cc1Cc1ccccc1.Cc1ccc2c(n1)sc1c(-c3cc(CC(C)(C)C)ccn3)[c-]ccc12.[Ir]. The number of nitrogens with zero attached hydrogens (tertiary/aromatic N) is 3. The van der Waals surface area contributed by atoms with Crippen molar-refractivity contribution in [2.75, 3.05) is 0 Å². The first-order valence-corrected chi connectivity index (χ1v) is 20.9. The maximum absolute atomic E-state index is 4.72. The second-order valence-corrected chi connectivity index (χ2v) is 20.7. The summed E-state index contributed by atoms with van der Waals surface area (Å²) in [6, 6.07) is 40.4. The standard InChI is InChI=1S/C22H21N2S.C21H22NSi.Ir/c1-14-8-9-17-16-6-5-7-18(20(16)25-21(17)24-14)19-12-15(10-11-23-19)13-22(2,3)4;1-23(2,3)21-16-22-20(18-12-8-5-9-13-18)15-19(21)14-17-10-6-4-7-11-17;/h5-6,8-12H,13H2,1-4H3;4-12,15-16H,14H2,1-3H3;/q2*-1;. The van der Waals surface area contributed by atoms with Crippen molar-refractivity contribution < 1.29 is 20.1 Å². The van der Waals surface area contributed by atoms with Crippen molar-refractivity contribution >= 4 is 44.9 Å². The fraction of sp³-hybridized carbons (Fsp3) is 0.233. The molecule has 3 nitrogen and oxygen atoms in total. The predicted octanol–water partition coefficient (Wildman–Crippen LogP) is 10.9. The van der Waals surface area contributed by atoms with Crippen LogP contribution < -0.4 is 5.19 Å². The molecule has 0 saturated heterocycles. The molecule has 251 valence electrons. The van der Waals surface area contributed by atoms with Crippen LogP contribution in [-0.2, 0) is 32.9 Å². The second kappa shape index (κ2) is 15.4. The van der Waals surface area contributed by atoms with Gasteiger partial charge in [0.1, 0.15) is 4.83 Å². The first-order chi connectivity index (χ1) is 22.9. The quantitative estimate of drug-likeness (QED) is 0.124. The van der Waals surface area contributed by atoms with Crippen molar-refractivity contribution in [3.63, 3.8) is 0 Å². The Hall–Kier alpha value is -3.80. The van der Waals surface area contributed by atoms with E-state index in [4.69, 9.17) is 9.97 Å². The number of thiophene rings is 1. The number of benzene rings is 3. The van der Waals surface area contributed by atoms with Crippen molar-refractivity contribution in [3.8, 4) is 22.5 Å². The molecule has 0 bridgehead atoms. The van der Waals surface area contributed by atoms with Crippen LogP contribution >= 0.6 is 11.3 Å². The summed E-state index contributed by atoms with van der Waals surface area (Å²) in [5, 5.41) is 3.90. The van der Waals surface area contributed by atoms with Gasteiger partial charge >= 0.3 is 0 Å². The summed E-state index contributed by atoms with van der Waals surface area (Å²) in [5.74, 6) is 0. The first-order valence-electron chi connectivity index (χ1n) is 16.6. The zero-order chi connectivity index (χ0) is 33.9. The van der Waals surface area contributed by atoms with Crippen LogP contribution in [0.2, 0.25) is 19.6 Å². The van der Waals surface area contributed by atoms with Crippen LogP contribution in [0.25, 0.3) is 42.8 Å². The van der Waals surface area contributed by atoms with Gasteiger partial charge in [-0.3, -0.25) is 0 Å². The summed E-state index contributed by atoms with van der Waals surface area (Å²) in [4.78, 5) is 15.1. The molecule has 7 rings (SSSR count). The van der Waals surface area contributed by atoms with E-state index in [1.165, 1.54) is 37.3 Å². The van der Waals surface area contributed by atoms with Crippen LogP contribution in [0.3, 0.4) is 0 Å². The van der Waals surface area contributed by atoms with E-state index in [9.17, 15) is 0 Å². The molecule has 4 aromatic heterocycles. The van der Waals surface area contributed by atoms with Gasteiger partial charge in [0.2, 0.25) is 0 Å². The van der Waals surface area contributed by atoms with Crippen LogP contribution in [0.1, 0.15) is 43.2 Å². The van der Waals surface area contributed by atoms with Crippen molar-refractivity contribution in [1.29, 1.82) is 0 Å². The van der Waals surface area contributed by atoms with Gasteiger partial charge in [0.05, 0.1) is 8.07 Å². The molecule has 1 radical (unpaired) electrons. The summed E-state index contributed by atoms with van der Waals surface area (Å²) in [7, 11) is -1.43. The summed E-state index contributed by atoms with van der Waals surface area (Å²) in [6.07, 6.45) is 6.01. The largest absolute Gasteiger partial charge is 0.305 e. The molecule has 4 heterocycles. The normalized spacial score (nSPS) is 11.6. The van der Waals surface area contributed by atoms with Crippen molar-refractivity contribution in [1.82, 2.24) is 15.0 Å². The molecule has 0 fully saturated rings. The molecule has 0 amide bonds. The molecule has 0 unspecified atom stereocenters. The number of hydrogen-bond donors (Lipinski definition) is 0. The van der Waals surface area contributed by atoms with Gasteiger partial charge in [-0.25, -0.2) is 4.98 Å². The average molecular weight is 854 g/mol. The smallest absolute Gasteiger partial charge is 0.113 e. The molecule has 0 spiro atoms. The summed E-state index contributed by atoms with van der Waals surface area (Å²) in [6.45, 7) is 16.0. The third-order valence-corrected chi connectivity index (χ3v) is 11.5. The van der Waals surface area contributed by atoms with Crippen molar-refractivity contribution in [2.24, 2.45) is 5.41 Å². The van der Waals surface area contributed by atoms with Gasteiger partial charge in [0.25, 0.3) is 0 Å². The molecular formula is C43H43IrN3SSi-2. The molecular weight excluding hydrogens is 811 g/mol. The van der Waals surface area contributed by atoms with Gasteiger partial charge in [-0.15, -0.1) is 59.7 Å². The molecule has 3 aromatic carbocycles. The Morgan fingerprint density at radius 2 is 1.53 bits per heavy atom. The number of aryl methyl sites for hydroxylation is 1. The molecule has 49 heavy (non-hydrogen) atoms.